The zero-order chi connectivity index (χ0) is 42.6. The van der Waals surface area contributed by atoms with Gasteiger partial charge in [0.15, 0.2) is 0 Å². The number of halogens is 5. The molecule has 312 valence electrons. The van der Waals surface area contributed by atoms with Crippen LogP contribution in [-0.2, 0) is 0 Å². The fourth-order valence-corrected chi connectivity index (χ4v) is 9.71. The van der Waals surface area contributed by atoms with Gasteiger partial charge in [-0.3, -0.25) is 9.80 Å². The van der Waals surface area contributed by atoms with E-state index in [9.17, 15) is 22.7 Å². The zero-order valence-electron chi connectivity index (χ0n) is 34.5. The molecule has 0 bridgehead atoms. The molecule has 2 aliphatic heterocycles. The molecule has 8 rings (SSSR count). The third-order valence-electron chi connectivity index (χ3n) is 12.0. The highest BCUT2D eigenvalue weighted by Gasteiger charge is 2.46. The Morgan fingerprint density at radius 3 is 0.967 bits per heavy atom. The summed E-state index contributed by atoms with van der Waals surface area (Å²) in [6.45, 7) is 9.21. The molecule has 0 radical (unpaired) electrons. The SMILES string of the molecule is CC(C)(F)[C@H](c1cc(F)cc(F)c1)C1CN(C(c2ccccc2)c2ccccc2)C1.CC(C)(O)[C@H](c1cc(F)cc(F)c1)C1CN(C(c2ccccc2)c2ccccc2)C1. The van der Waals surface area contributed by atoms with Gasteiger partial charge in [-0.2, -0.15) is 0 Å². The van der Waals surface area contributed by atoms with Crippen LogP contribution >= 0.6 is 0 Å². The first-order valence-electron chi connectivity index (χ1n) is 20.7. The van der Waals surface area contributed by atoms with Crippen molar-refractivity contribution in [2.24, 2.45) is 11.8 Å². The standard InChI is InChI=1S/C26H26F3N.C26H27F2NO/c1-26(2,29)24(20-13-22(27)15-23(28)14-20)21-16-30(17-21)25(18-9-5-3-6-10-18)19-11-7-4-8-12-19;1-26(2,30)24(20-13-22(27)15-23(28)14-20)21-16-29(17-21)25(18-9-5-3-6-10-18)19-11-7-4-8-12-19/h3-15,21,24-25H,16-17H2,1-2H3;3-15,21,24-25,30H,16-17H2,1-2H3/t2*24-/m11/s1. The van der Waals surface area contributed by atoms with E-state index in [1.807, 2.05) is 72.8 Å². The van der Waals surface area contributed by atoms with Gasteiger partial charge in [-0.15, -0.1) is 0 Å². The second kappa shape index (κ2) is 18.2. The van der Waals surface area contributed by atoms with Crippen molar-refractivity contribution in [3.8, 4) is 0 Å². The molecule has 0 unspecified atom stereocenters. The summed E-state index contributed by atoms with van der Waals surface area (Å²) < 4.78 is 70.6. The predicted octanol–water partition coefficient (Wildman–Crippen LogP) is 12.1. The number of alkyl halides is 1. The third kappa shape index (κ3) is 10.1. The van der Waals surface area contributed by atoms with Crippen LogP contribution in [0.4, 0.5) is 22.0 Å². The van der Waals surface area contributed by atoms with E-state index in [0.29, 0.717) is 24.2 Å². The topological polar surface area (TPSA) is 26.7 Å². The smallest absolute Gasteiger partial charge is 0.126 e. The summed E-state index contributed by atoms with van der Waals surface area (Å²) in [5.41, 5.74) is 2.99. The largest absolute Gasteiger partial charge is 0.390 e. The monoisotopic (exact) mass is 816 g/mol. The van der Waals surface area contributed by atoms with E-state index in [1.54, 1.807) is 13.8 Å². The molecule has 6 aromatic carbocycles. The van der Waals surface area contributed by atoms with Gasteiger partial charge in [-0.05, 0) is 97.2 Å². The molecule has 0 saturated carbocycles. The Morgan fingerprint density at radius 1 is 0.433 bits per heavy atom. The van der Waals surface area contributed by atoms with Gasteiger partial charge in [0.05, 0.1) is 17.7 Å². The van der Waals surface area contributed by atoms with Crippen molar-refractivity contribution < 1.29 is 27.1 Å². The summed E-state index contributed by atoms with van der Waals surface area (Å²) in [6, 6.07) is 48.2. The van der Waals surface area contributed by atoms with Crippen LogP contribution in [0.3, 0.4) is 0 Å². The van der Waals surface area contributed by atoms with Gasteiger partial charge in [0, 0.05) is 50.1 Å². The molecule has 6 aromatic rings. The van der Waals surface area contributed by atoms with Gasteiger partial charge in [0.25, 0.3) is 0 Å². The van der Waals surface area contributed by atoms with E-state index in [-0.39, 0.29) is 29.8 Å². The minimum absolute atomic E-state index is 0.0267. The molecule has 2 atom stereocenters. The Morgan fingerprint density at radius 2 is 0.700 bits per heavy atom. The van der Waals surface area contributed by atoms with Crippen molar-refractivity contribution in [1.82, 2.24) is 9.80 Å². The summed E-state index contributed by atoms with van der Waals surface area (Å²) in [5.74, 6) is -3.41. The molecule has 0 aliphatic carbocycles. The predicted molar refractivity (Wildman–Crippen MR) is 229 cm³/mol. The summed E-state index contributed by atoms with van der Waals surface area (Å²) >= 11 is 0. The van der Waals surface area contributed by atoms with E-state index in [2.05, 4.69) is 58.3 Å². The lowest BCUT2D eigenvalue weighted by Crippen LogP contribution is -2.54. The lowest BCUT2D eigenvalue weighted by molar-refractivity contribution is -0.0309. The van der Waals surface area contributed by atoms with Crippen LogP contribution in [0.25, 0.3) is 0 Å². The Balaban J connectivity index is 0.000000181. The highest BCUT2D eigenvalue weighted by Crippen LogP contribution is 2.46. The minimum atomic E-state index is -1.59. The van der Waals surface area contributed by atoms with Crippen LogP contribution < -0.4 is 0 Å². The van der Waals surface area contributed by atoms with E-state index in [1.165, 1.54) is 60.4 Å². The molecule has 1 N–H and O–H groups in total. The first-order valence-corrected chi connectivity index (χ1v) is 20.7. The van der Waals surface area contributed by atoms with Crippen LogP contribution in [0.15, 0.2) is 158 Å². The molecular weight excluding hydrogens is 764 g/mol. The van der Waals surface area contributed by atoms with E-state index >= 15 is 4.39 Å². The van der Waals surface area contributed by atoms with Crippen molar-refractivity contribution in [3.63, 3.8) is 0 Å². The Labute approximate surface area is 351 Å². The molecule has 2 fully saturated rings. The summed E-state index contributed by atoms with van der Waals surface area (Å²) in [4.78, 5) is 4.67. The number of benzene rings is 6. The van der Waals surface area contributed by atoms with Gasteiger partial charge in [-0.1, -0.05) is 121 Å². The summed E-state index contributed by atoms with van der Waals surface area (Å²) in [5, 5.41) is 10.8. The lowest BCUT2D eigenvalue weighted by Gasteiger charge is -2.50. The number of aliphatic hydroxyl groups is 1. The Bertz CT molecular complexity index is 2000. The molecule has 3 nitrogen and oxygen atoms in total. The van der Waals surface area contributed by atoms with Gasteiger partial charge >= 0.3 is 0 Å². The maximum Gasteiger partial charge on any atom is 0.126 e. The number of hydrogen-bond donors (Lipinski definition) is 1. The number of likely N-dealkylation sites (tertiary alicyclic amines) is 2. The quantitative estimate of drug-likeness (QED) is 0.125. The first-order chi connectivity index (χ1) is 28.7. The van der Waals surface area contributed by atoms with Crippen LogP contribution in [0.5, 0.6) is 0 Å². The average Bonchev–Trinajstić information content (AvgIpc) is 3.16. The molecule has 0 spiro atoms. The van der Waals surface area contributed by atoms with E-state index in [0.717, 1.165) is 25.2 Å². The molecule has 2 saturated heterocycles. The molecule has 60 heavy (non-hydrogen) atoms. The van der Waals surface area contributed by atoms with Crippen molar-refractivity contribution >= 4 is 0 Å². The molecular formula is C52H53F5N2O. The van der Waals surface area contributed by atoms with Crippen molar-refractivity contribution in [1.29, 1.82) is 0 Å². The second-order valence-corrected chi connectivity index (χ2v) is 17.5. The van der Waals surface area contributed by atoms with Gasteiger partial charge in [0.2, 0.25) is 0 Å². The maximum absolute atomic E-state index is 15.2. The van der Waals surface area contributed by atoms with Gasteiger partial charge in [-0.25, -0.2) is 22.0 Å². The van der Waals surface area contributed by atoms with Gasteiger partial charge < -0.3 is 5.11 Å². The average molecular weight is 817 g/mol. The fraction of sp³-hybridized carbons (Fsp3) is 0.308. The summed E-state index contributed by atoms with van der Waals surface area (Å²) in [7, 11) is 0. The number of nitrogens with zero attached hydrogens (tertiary/aromatic N) is 2. The van der Waals surface area contributed by atoms with Crippen molar-refractivity contribution in [2.45, 2.75) is 62.9 Å². The Kier molecular flexibility index (Phi) is 13.0. The number of hydrogen-bond acceptors (Lipinski definition) is 3. The number of rotatable bonds is 12. The Hall–Kier alpha value is -5.15. The van der Waals surface area contributed by atoms with Crippen LogP contribution in [0, 0.1) is 35.1 Å². The van der Waals surface area contributed by atoms with Crippen molar-refractivity contribution in [3.05, 3.63) is 214 Å². The van der Waals surface area contributed by atoms with Crippen LogP contribution in [0.1, 0.15) is 85.0 Å². The molecule has 0 aromatic heterocycles. The molecule has 2 aliphatic rings. The molecule has 0 amide bonds. The minimum Gasteiger partial charge on any atom is -0.390 e. The highest BCUT2D eigenvalue weighted by molar-refractivity contribution is 5.36. The maximum atomic E-state index is 15.2. The van der Waals surface area contributed by atoms with Crippen LogP contribution in [-0.4, -0.2) is 52.4 Å². The molecule has 2 heterocycles. The van der Waals surface area contributed by atoms with Crippen LogP contribution in [0.2, 0.25) is 0 Å². The van der Waals surface area contributed by atoms with E-state index < -0.39 is 40.5 Å². The second-order valence-electron chi connectivity index (χ2n) is 17.5. The molecule has 8 heteroatoms. The van der Waals surface area contributed by atoms with E-state index in [4.69, 9.17) is 0 Å². The van der Waals surface area contributed by atoms with Crippen molar-refractivity contribution in [2.75, 3.05) is 26.2 Å². The first kappa shape index (κ1) is 43.0. The normalized spacial score (nSPS) is 16.5. The summed E-state index contributed by atoms with van der Waals surface area (Å²) in [6.07, 6.45) is 0. The lowest BCUT2D eigenvalue weighted by atomic mass is 9.71. The van der Waals surface area contributed by atoms with Gasteiger partial charge in [0.1, 0.15) is 28.9 Å². The third-order valence-corrected chi connectivity index (χ3v) is 12.0. The fourth-order valence-electron chi connectivity index (χ4n) is 9.71. The zero-order valence-corrected chi connectivity index (χ0v) is 34.5. The highest BCUT2D eigenvalue weighted by atomic mass is 19.2.